The van der Waals surface area contributed by atoms with Crippen LogP contribution in [0.25, 0.3) is 16.9 Å². The molecule has 1 amide bonds. The lowest BCUT2D eigenvalue weighted by Crippen LogP contribution is -2.58. The van der Waals surface area contributed by atoms with E-state index in [1.54, 1.807) is 4.90 Å². The van der Waals surface area contributed by atoms with Crippen molar-refractivity contribution < 1.29 is 18.0 Å². The Morgan fingerprint density at radius 1 is 1.14 bits per heavy atom. The van der Waals surface area contributed by atoms with Gasteiger partial charge in [0.15, 0.2) is 5.65 Å². The van der Waals surface area contributed by atoms with Crippen LogP contribution in [0.15, 0.2) is 30.9 Å². The van der Waals surface area contributed by atoms with Crippen molar-refractivity contribution in [2.75, 3.05) is 18.0 Å². The zero-order chi connectivity index (χ0) is 26.4. The molecule has 0 N–H and O–H groups in total. The Labute approximate surface area is 207 Å². The Hall–Kier alpha value is -3.68. The number of halogens is 3. The number of aromatic nitrogens is 4. The molecule has 190 valence electrons. The number of piperazine rings is 1. The lowest BCUT2D eigenvalue weighted by molar-refractivity contribution is -0.136. The predicted molar refractivity (Wildman–Crippen MR) is 128 cm³/mol. The normalized spacial score (nSPS) is 19.0. The van der Waals surface area contributed by atoms with Crippen LogP contribution < -0.4 is 4.90 Å². The van der Waals surface area contributed by atoms with E-state index in [-0.39, 0.29) is 51.6 Å². The first-order valence-corrected chi connectivity index (χ1v) is 11.7. The highest BCUT2D eigenvalue weighted by Gasteiger charge is 2.40. The fraction of sp³-hybridized carbons (Fsp3) is 0.480. The van der Waals surface area contributed by atoms with E-state index in [1.165, 1.54) is 29.2 Å². The third-order valence-electron chi connectivity index (χ3n) is 6.25. The number of hydrogen-bond acceptors (Lipinski definition) is 6. The first-order valence-electron chi connectivity index (χ1n) is 11.7. The number of alkyl halides is 3. The van der Waals surface area contributed by atoms with Gasteiger partial charge >= 0.3 is 6.18 Å². The molecule has 0 aromatic carbocycles. The molecule has 3 aromatic heterocycles. The van der Waals surface area contributed by atoms with Crippen molar-refractivity contribution in [3.63, 3.8) is 0 Å². The van der Waals surface area contributed by atoms with Crippen LogP contribution in [0, 0.1) is 16.7 Å². The van der Waals surface area contributed by atoms with Crippen molar-refractivity contribution in [1.29, 1.82) is 5.26 Å². The quantitative estimate of drug-likeness (QED) is 0.525. The predicted octanol–water partition coefficient (Wildman–Crippen LogP) is 4.57. The van der Waals surface area contributed by atoms with E-state index in [1.807, 2.05) is 45.6 Å². The summed E-state index contributed by atoms with van der Waals surface area (Å²) in [7, 11) is 0. The van der Waals surface area contributed by atoms with Gasteiger partial charge < -0.3 is 9.80 Å². The monoisotopic (exact) mass is 499 g/mol. The van der Waals surface area contributed by atoms with Crippen LogP contribution in [-0.4, -0.2) is 55.5 Å². The highest BCUT2D eigenvalue weighted by atomic mass is 19.4. The number of amides is 1. The molecule has 1 aliphatic rings. The smallest absolute Gasteiger partial charge is 0.349 e. The summed E-state index contributed by atoms with van der Waals surface area (Å²) < 4.78 is 43.9. The molecule has 2 atom stereocenters. The van der Waals surface area contributed by atoms with Gasteiger partial charge in [-0.3, -0.25) is 9.36 Å². The first kappa shape index (κ1) is 25.4. The largest absolute Gasteiger partial charge is 0.418 e. The zero-order valence-corrected chi connectivity index (χ0v) is 20.8. The molecule has 8 nitrogen and oxygen atoms in total. The lowest BCUT2D eigenvalue weighted by atomic mass is 9.91. The minimum atomic E-state index is -4.67. The van der Waals surface area contributed by atoms with E-state index in [0.717, 1.165) is 6.20 Å². The van der Waals surface area contributed by atoms with Crippen molar-refractivity contribution in [3.05, 3.63) is 42.0 Å². The molecule has 0 bridgehead atoms. The third kappa shape index (κ3) is 4.85. The average Bonchev–Trinajstić information content (AvgIpc) is 3.20. The van der Waals surface area contributed by atoms with Gasteiger partial charge in [0.1, 0.15) is 18.0 Å². The van der Waals surface area contributed by atoms with Crippen LogP contribution in [0.5, 0.6) is 0 Å². The number of nitrogens with zero attached hydrogens (tertiary/aromatic N) is 7. The van der Waals surface area contributed by atoms with Crippen molar-refractivity contribution in [1.82, 2.24) is 24.4 Å². The molecular weight excluding hydrogens is 471 g/mol. The summed E-state index contributed by atoms with van der Waals surface area (Å²) >= 11 is 0. The Morgan fingerprint density at radius 2 is 1.86 bits per heavy atom. The number of anilines is 1. The minimum Gasteiger partial charge on any atom is -0.349 e. The molecule has 0 aliphatic carbocycles. The summed E-state index contributed by atoms with van der Waals surface area (Å²) in [6.07, 6.45) is -0.736. The van der Waals surface area contributed by atoms with E-state index in [9.17, 15) is 23.2 Å². The molecule has 1 saturated heterocycles. The van der Waals surface area contributed by atoms with Crippen molar-refractivity contribution >= 4 is 22.8 Å². The molecule has 0 saturated carbocycles. The first-order chi connectivity index (χ1) is 16.8. The minimum absolute atomic E-state index is 0.0277. The highest BCUT2D eigenvalue weighted by Crippen LogP contribution is 2.41. The maximum absolute atomic E-state index is 14.2. The number of carbonyl (C=O) groups is 1. The summed E-state index contributed by atoms with van der Waals surface area (Å²) in [6, 6.07) is 4.37. The van der Waals surface area contributed by atoms with Gasteiger partial charge in [-0.15, -0.1) is 0 Å². The van der Waals surface area contributed by atoms with Gasteiger partial charge in [-0.25, -0.2) is 15.0 Å². The third-order valence-corrected chi connectivity index (χ3v) is 6.25. The van der Waals surface area contributed by atoms with Crippen molar-refractivity contribution in [2.24, 2.45) is 5.41 Å². The van der Waals surface area contributed by atoms with Crippen LogP contribution >= 0.6 is 0 Å². The maximum Gasteiger partial charge on any atom is 0.418 e. The molecule has 1 aliphatic heterocycles. The van der Waals surface area contributed by atoms with Gasteiger partial charge in [0, 0.05) is 44.0 Å². The van der Waals surface area contributed by atoms with E-state index < -0.39 is 11.7 Å². The summed E-state index contributed by atoms with van der Waals surface area (Å²) in [4.78, 5) is 29.2. The van der Waals surface area contributed by atoms with Gasteiger partial charge in [0.05, 0.1) is 22.6 Å². The van der Waals surface area contributed by atoms with Crippen molar-refractivity contribution in [3.8, 4) is 11.9 Å². The van der Waals surface area contributed by atoms with E-state index >= 15 is 0 Å². The summed E-state index contributed by atoms with van der Waals surface area (Å²) in [5, 5.41) is 9.08. The topological polar surface area (TPSA) is 90.9 Å². The fourth-order valence-electron chi connectivity index (χ4n) is 4.60. The number of pyridine rings is 1. The number of rotatable bonds is 3. The Morgan fingerprint density at radius 3 is 2.50 bits per heavy atom. The van der Waals surface area contributed by atoms with E-state index in [2.05, 4.69) is 15.0 Å². The number of nitriles is 1. The maximum atomic E-state index is 14.2. The van der Waals surface area contributed by atoms with Gasteiger partial charge in [-0.05, 0) is 31.4 Å². The second-order valence-electron chi connectivity index (χ2n) is 10.5. The molecule has 3 aromatic rings. The molecular formula is C25H28F3N7O. The summed E-state index contributed by atoms with van der Waals surface area (Å²) in [5.74, 6) is 0.336. The van der Waals surface area contributed by atoms with Gasteiger partial charge in [0.25, 0.3) is 0 Å². The Balaban J connectivity index is 1.79. The summed E-state index contributed by atoms with van der Waals surface area (Å²) in [6.45, 7) is 10.5. The lowest BCUT2D eigenvalue weighted by Gasteiger charge is -2.45. The van der Waals surface area contributed by atoms with Gasteiger partial charge in [0.2, 0.25) is 5.91 Å². The fourth-order valence-corrected chi connectivity index (χ4v) is 4.60. The van der Waals surface area contributed by atoms with Crippen LogP contribution in [0.4, 0.5) is 19.0 Å². The summed E-state index contributed by atoms with van der Waals surface area (Å²) in [5.41, 5.74) is -0.746. The Bertz CT molecular complexity index is 1340. The highest BCUT2D eigenvalue weighted by molar-refractivity contribution is 5.93. The molecule has 0 unspecified atom stereocenters. The molecule has 4 heterocycles. The molecule has 36 heavy (non-hydrogen) atoms. The van der Waals surface area contributed by atoms with Crippen LogP contribution in [0.2, 0.25) is 0 Å². The van der Waals surface area contributed by atoms with Gasteiger partial charge in [-0.1, -0.05) is 20.8 Å². The number of carbonyl (C=O) groups excluding carboxylic acids is 1. The van der Waals surface area contributed by atoms with Crippen LogP contribution in [0.3, 0.4) is 0 Å². The number of hydrogen-bond donors (Lipinski definition) is 0. The molecule has 1 fully saturated rings. The molecule has 0 radical (unpaired) electrons. The number of fused-ring (bicyclic) bond motifs is 1. The van der Waals surface area contributed by atoms with Crippen molar-refractivity contribution in [2.45, 2.75) is 59.3 Å². The van der Waals surface area contributed by atoms with Gasteiger partial charge in [-0.2, -0.15) is 18.4 Å². The van der Waals surface area contributed by atoms with Crippen LogP contribution in [0.1, 0.15) is 52.2 Å². The molecule has 4 rings (SSSR count). The van der Waals surface area contributed by atoms with E-state index in [4.69, 9.17) is 0 Å². The van der Waals surface area contributed by atoms with Crippen LogP contribution in [-0.2, 0) is 11.0 Å². The SMILES string of the molecule is C[C@@H]1CN(c2ncnc3c2c(C(F)(F)F)cn3-c2cc(C#N)ccn2)[C@@H](C)CN1C(=O)CC(C)(C)C. The second kappa shape index (κ2) is 9.08. The zero-order valence-electron chi connectivity index (χ0n) is 20.8. The second-order valence-corrected chi connectivity index (χ2v) is 10.5. The van der Waals surface area contributed by atoms with E-state index in [0.29, 0.717) is 19.5 Å². The molecule has 11 heteroatoms. The average molecular weight is 500 g/mol. The Kier molecular flexibility index (Phi) is 6.41. The molecule has 0 spiro atoms. The standard InChI is InChI=1S/C25H28F3N7O/c1-15-12-34(16(2)11-33(15)20(36)9-24(3,4)5)22-21-18(25(26,27)28)13-35(23(21)32-14-31-22)19-8-17(10-29)6-7-30-19/h6-8,13-16H,9,11-12H2,1-5H3/t15-,16+/m1/s1.